The van der Waals surface area contributed by atoms with Crippen molar-refractivity contribution < 1.29 is 4.79 Å². The molecule has 1 amide bonds. The Balaban J connectivity index is 3.13. The fraction of sp³-hybridized carbons (Fsp3) is 0.444. The summed E-state index contributed by atoms with van der Waals surface area (Å²) in [6.07, 6.45) is 3.00. The molecule has 0 atom stereocenters. The number of aromatic nitrogens is 2. The third kappa shape index (κ3) is 1.99. The van der Waals surface area contributed by atoms with Gasteiger partial charge in [-0.3, -0.25) is 4.79 Å². The van der Waals surface area contributed by atoms with Crippen LogP contribution in [0.1, 0.15) is 24.3 Å². The van der Waals surface area contributed by atoms with Gasteiger partial charge in [0.05, 0.1) is 0 Å². The molecule has 0 saturated heterocycles. The summed E-state index contributed by atoms with van der Waals surface area (Å²) in [5.41, 5.74) is 5.40. The van der Waals surface area contributed by atoms with E-state index in [1.54, 1.807) is 6.20 Å². The van der Waals surface area contributed by atoms with Gasteiger partial charge in [0.15, 0.2) is 11.5 Å². The van der Waals surface area contributed by atoms with Crippen LogP contribution in [0.3, 0.4) is 0 Å². The zero-order valence-corrected chi connectivity index (χ0v) is 8.56. The zero-order valence-electron chi connectivity index (χ0n) is 8.56. The predicted octanol–water partition coefficient (Wildman–Crippen LogP) is 0.420. The highest BCUT2D eigenvalue weighted by molar-refractivity contribution is 5.95. The van der Waals surface area contributed by atoms with Crippen LogP contribution in [-0.4, -0.2) is 29.0 Å². The van der Waals surface area contributed by atoms with Crippen molar-refractivity contribution in [1.82, 2.24) is 9.97 Å². The van der Waals surface area contributed by atoms with Gasteiger partial charge in [-0.15, -0.1) is 0 Å². The lowest BCUT2D eigenvalue weighted by Crippen LogP contribution is -2.30. The molecule has 5 heteroatoms. The van der Waals surface area contributed by atoms with Gasteiger partial charge in [0, 0.05) is 25.5 Å². The van der Waals surface area contributed by atoms with Crippen molar-refractivity contribution in [1.29, 1.82) is 0 Å². The highest BCUT2D eigenvalue weighted by Crippen LogP contribution is 2.14. The maximum atomic E-state index is 11.0. The van der Waals surface area contributed by atoms with Crippen molar-refractivity contribution in [2.75, 3.05) is 11.9 Å². The first-order valence-electron chi connectivity index (χ1n) is 4.37. The van der Waals surface area contributed by atoms with E-state index in [0.29, 0.717) is 5.82 Å². The van der Waals surface area contributed by atoms with Gasteiger partial charge in [0.25, 0.3) is 5.91 Å². The molecule has 0 bridgehead atoms. The highest BCUT2D eigenvalue weighted by atomic mass is 16.1. The van der Waals surface area contributed by atoms with Crippen LogP contribution in [0.4, 0.5) is 5.82 Å². The molecule has 5 nitrogen and oxygen atoms in total. The monoisotopic (exact) mass is 194 g/mol. The first-order chi connectivity index (χ1) is 6.54. The van der Waals surface area contributed by atoms with Gasteiger partial charge < -0.3 is 10.6 Å². The molecule has 1 rings (SSSR count). The van der Waals surface area contributed by atoms with Gasteiger partial charge in [0.1, 0.15) is 0 Å². The second kappa shape index (κ2) is 4.04. The van der Waals surface area contributed by atoms with Gasteiger partial charge in [0.2, 0.25) is 0 Å². The van der Waals surface area contributed by atoms with E-state index >= 15 is 0 Å². The molecule has 14 heavy (non-hydrogen) atoms. The summed E-state index contributed by atoms with van der Waals surface area (Å²) < 4.78 is 0. The molecule has 0 radical (unpaired) electrons. The van der Waals surface area contributed by atoms with Crippen LogP contribution in [0.25, 0.3) is 0 Å². The average Bonchev–Trinajstić information content (AvgIpc) is 2.16. The van der Waals surface area contributed by atoms with Crippen LogP contribution in [0, 0.1) is 0 Å². The number of primary amides is 1. The van der Waals surface area contributed by atoms with Gasteiger partial charge >= 0.3 is 0 Å². The van der Waals surface area contributed by atoms with Crippen molar-refractivity contribution in [3.05, 3.63) is 18.1 Å². The van der Waals surface area contributed by atoms with Crippen LogP contribution in [-0.2, 0) is 0 Å². The van der Waals surface area contributed by atoms with Crippen molar-refractivity contribution in [3.8, 4) is 0 Å². The molecule has 0 aliphatic carbocycles. The topological polar surface area (TPSA) is 72.1 Å². The molecule has 0 aliphatic heterocycles. The van der Waals surface area contributed by atoms with Gasteiger partial charge in [-0.2, -0.15) is 0 Å². The number of amides is 1. The van der Waals surface area contributed by atoms with E-state index in [-0.39, 0.29) is 11.7 Å². The van der Waals surface area contributed by atoms with E-state index in [2.05, 4.69) is 9.97 Å². The molecule has 0 aromatic carbocycles. The van der Waals surface area contributed by atoms with Crippen LogP contribution in [0.5, 0.6) is 0 Å². The molecular weight excluding hydrogens is 180 g/mol. The second-order valence-corrected chi connectivity index (χ2v) is 3.30. The molecule has 1 aromatic heterocycles. The Hall–Kier alpha value is -1.65. The average molecular weight is 194 g/mol. The second-order valence-electron chi connectivity index (χ2n) is 3.30. The van der Waals surface area contributed by atoms with Crippen molar-refractivity contribution in [2.45, 2.75) is 19.9 Å². The number of hydrogen-bond acceptors (Lipinski definition) is 4. The Labute approximate surface area is 83.0 Å². The van der Waals surface area contributed by atoms with Crippen molar-refractivity contribution in [3.63, 3.8) is 0 Å². The Bertz CT molecular complexity index is 337. The molecule has 1 aromatic rings. The largest absolute Gasteiger partial charge is 0.364 e. The Morgan fingerprint density at radius 3 is 2.50 bits per heavy atom. The minimum Gasteiger partial charge on any atom is -0.364 e. The Morgan fingerprint density at radius 1 is 1.43 bits per heavy atom. The van der Waals surface area contributed by atoms with Crippen LogP contribution >= 0.6 is 0 Å². The van der Waals surface area contributed by atoms with Crippen molar-refractivity contribution >= 4 is 11.7 Å². The number of nitrogens with zero attached hydrogens (tertiary/aromatic N) is 3. The van der Waals surface area contributed by atoms with Crippen molar-refractivity contribution in [2.24, 2.45) is 5.73 Å². The summed E-state index contributed by atoms with van der Waals surface area (Å²) >= 11 is 0. The number of anilines is 1. The lowest BCUT2D eigenvalue weighted by Gasteiger charge is -2.23. The number of carbonyl (C=O) groups excluding carboxylic acids is 1. The highest BCUT2D eigenvalue weighted by Gasteiger charge is 2.15. The normalized spacial score (nSPS) is 10.3. The zero-order chi connectivity index (χ0) is 10.7. The smallest absolute Gasteiger partial charge is 0.271 e. The molecule has 76 valence electrons. The maximum absolute atomic E-state index is 11.0. The molecule has 0 fully saturated rings. The summed E-state index contributed by atoms with van der Waals surface area (Å²) in [6, 6.07) is 0.241. The molecule has 0 unspecified atom stereocenters. The minimum absolute atomic E-state index is 0.212. The number of hydrogen-bond donors (Lipinski definition) is 1. The van der Waals surface area contributed by atoms with Crippen LogP contribution in [0.15, 0.2) is 12.4 Å². The van der Waals surface area contributed by atoms with E-state index in [4.69, 9.17) is 5.73 Å². The molecule has 0 aliphatic rings. The SMILES string of the molecule is CC(C)N(C)c1nccnc1C(N)=O. The first kappa shape index (κ1) is 10.4. The summed E-state index contributed by atoms with van der Waals surface area (Å²) in [6.45, 7) is 4.00. The number of nitrogens with two attached hydrogens (primary N) is 1. The van der Waals surface area contributed by atoms with E-state index in [0.717, 1.165) is 0 Å². The van der Waals surface area contributed by atoms with E-state index < -0.39 is 5.91 Å². The summed E-state index contributed by atoms with van der Waals surface area (Å²) in [7, 11) is 1.85. The summed E-state index contributed by atoms with van der Waals surface area (Å²) in [4.78, 5) is 20.9. The lowest BCUT2D eigenvalue weighted by molar-refractivity contribution is 0.0995. The van der Waals surface area contributed by atoms with E-state index in [1.807, 2.05) is 25.8 Å². The van der Waals surface area contributed by atoms with Gasteiger partial charge in [-0.1, -0.05) is 0 Å². The van der Waals surface area contributed by atoms with E-state index in [1.165, 1.54) is 6.20 Å². The Kier molecular flexibility index (Phi) is 3.01. The predicted molar refractivity (Wildman–Crippen MR) is 54.1 cm³/mol. The fourth-order valence-electron chi connectivity index (χ4n) is 1.01. The summed E-state index contributed by atoms with van der Waals surface area (Å²) in [5.74, 6) is -0.0319. The van der Waals surface area contributed by atoms with Crippen LogP contribution in [0.2, 0.25) is 0 Å². The third-order valence-corrected chi connectivity index (χ3v) is 2.02. The fourth-order valence-corrected chi connectivity index (χ4v) is 1.01. The maximum Gasteiger partial charge on any atom is 0.271 e. The lowest BCUT2D eigenvalue weighted by atomic mass is 10.3. The molecule has 2 N–H and O–H groups in total. The molecule has 0 saturated carbocycles. The molecule has 1 heterocycles. The van der Waals surface area contributed by atoms with Crippen LogP contribution < -0.4 is 10.6 Å². The first-order valence-corrected chi connectivity index (χ1v) is 4.37. The third-order valence-electron chi connectivity index (χ3n) is 2.02. The van der Waals surface area contributed by atoms with E-state index in [9.17, 15) is 4.79 Å². The number of rotatable bonds is 3. The molecular formula is C9H14N4O. The minimum atomic E-state index is -0.555. The Morgan fingerprint density at radius 2 is 2.00 bits per heavy atom. The molecule has 0 spiro atoms. The standard InChI is InChI=1S/C9H14N4O/c1-6(2)13(3)9-7(8(10)14)11-4-5-12-9/h4-6H,1-3H3,(H2,10,14). The summed E-state index contributed by atoms with van der Waals surface area (Å²) in [5, 5.41) is 0. The van der Waals surface area contributed by atoms with Gasteiger partial charge in [-0.25, -0.2) is 9.97 Å². The van der Waals surface area contributed by atoms with Gasteiger partial charge in [-0.05, 0) is 13.8 Å². The number of carbonyl (C=O) groups is 1. The quantitative estimate of drug-likeness (QED) is 0.757.